The van der Waals surface area contributed by atoms with Crippen LogP contribution in [0.4, 0.5) is 0 Å². The smallest absolute Gasteiger partial charge is 0.235 e. The van der Waals surface area contributed by atoms with Crippen molar-refractivity contribution in [2.75, 3.05) is 0 Å². The van der Waals surface area contributed by atoms with E-state index in [0.29, 0.717) is 12.4 Å². The number of Topliss-reactive ketones (excluding diaryl/α,β-unsaturated/α-hetero) is 1. The molecule has 9 aromatic rings. The van der Waals surface area contributed by atoms with Crippen molar-refractivity contribution in [3.05, 3.63) is 174 Å². The summed E-state index contributed by atoms with van der Waals surface area (Å²) in [6.45, 7) is 0. The predicted molar refractivity (Wildman–Crippen MR) is 207 cm³/mol. The third-order valence-electron chi connectivity index (χ3n) is 11.4. The molecule has 0 aliphatic heterocycles. The van der Waals surface area contributed by atoms with Crippen LogP contribution in [-0.4, -0.2) is 20.3 Å². The van der Waals surface area contributed by atoms with E-state index < -0.39 is 0 Å². The van der Waals surface area contributed by atoms with Crippen molar-refractivity contribution in [3.8, 4) is 28.3 Å². The molecule has 0 N–H and O–H groups in total. The maximum absolute atomic E-state index is 15.2. The predicted octanol–water partition coefficient (Wildman–Crippen LogP) is 11.2. The zero-order valence-corrected chi connectivity index (χ0v) is 27.8. The van der Waals surface area contributed by atoms with E-state index in [2.05, 4.69) is 132 Å². The van der Waals surface area contributed by atoms with E-state index in [4.69, 9.17) is 9.97 Å². The van der Waals surface area contributed by atoms with Crippen LogP contribution in [0.15, 0.2) is 158 Å². The van der Waals surface area contributed by atoms with Crippen molar-refractivity contribution >= 4 is 49.3 Å². The highest BCUT2D eigenvalue weighted by Crippen LogP contribution is 2.66. The summed E-state index contributed by atoms with van der Waals surface area (Å²) in [5.74, 6) is 1.00. The minimum Gasteiger partial charge on any atom is -0.294 e. The molecule has 4 heteroatoms. The lowest BCUT2D eigenvalue weighted by Gasteiger charge is -2.19. The summed E-state index contributed by atoms with van der Waals surface area (Å²) in [6.07, 6.45) is 1.39. The van der Waals surface area contributed by atoms with E-state index in [0.717, 1.165) is 67.1 Å². The average Bonchev–Trinajstić information content (AvgIpc) is 3.84. The number of carbonyl (C=O) groups excluding carboxylic acids is 1. The summed E-state index contributed by atoms with van der Waals surface area (Å²) in [5.41, 5.74) is 9.80. The molecular formula is C47H31N3O. The van der Waals surface area contributed by atoms with Crippen molar-refractivity contribution in [2.45, 2.75) is 24.2 Å². The number of benzene rings is 7. The summed E-state index contributed by atoms with van der Waals surface area (Å²) in [7, 11) is 0. The largest absolute Gasteiger partial charge is 0.294 e. The number of carbonyl (C=O) groups is 1. The van der Waals surface area contributed by atoms with Crippen LogP contribution in [0.5, 0.6) is 0 Å². The van der Waals surface area contributed by atoms with Gasteiger partial charge in [-0.3, -0.25) is 9.36 Å². The van der Waals surface area contributed by atoms with Crippen LogP contribution < -0.4 is 0 Å². The van der Waals surface area contributed by atoms with Crippen LogP contribution in [0.2, 0.25) is 0 Å². The van der Waals surface area contributed by atoms with Gasteiger partial charge in [0.15, 0.2) is 5.78 Å². The van der Waals surface area contributed by atoms with E-state index in [9.17, 15) is 0 Å². The second kappa shape index (κ2) is 10.6. The van der Waals surface area contributed by atoms with Crippen LogP contribution in [0.1, 0.15) is 40.2 Å². The fourth-order valence-electron chi connectivity index (χ4n) is 9.02. The van der Waals surface area contributed by atoms with Crippen molar-refractivity contribution in [1.29, 1.82) is 0 Å². The fourth-order valence-corrected chi connectivity index (χ4v) is 9.02. The van der Waals surface area contributed by atoms with E-state index in [1.54, 1.807) is 0 Å². The van der Waals surface area contributed by atoms with E-state index >= 15 is 4.79 Å². The number of aromatic nitrogens is 3. The molecule has 2 aliphatic rings. The molecule has 7 aromatic carbocycles. The van der Waals surface area contributed by atoms with Gasteiger partial charge in [-0.25, -0.2) is 9.97 Å². The Balaban J connectivity index is 1.24. The third-order valence-corrected chi connectivity index (χ3v) is 11.4. The first-order chi connectivity index (χ1) is 25.2. The molecule has 2 aromatic heterocycles. The second-order valence-electron chi connectivity index (χ2n) is 14.2. The first-order valence-electron chi connectivity index (χ1n) is 17.7. The molecule has 1 saturated carbocycles. The summed E-state index contributed by atoms with van der Waals surface area (Å²) >= 11 is 0. The number of nitrogens with zero attached hydrogens (tertiary/aromatic N) is 3. The molecule has 2 heterocycles. The van der Waals surface area contributed by atoms with Gasteiger partial charge in [-0.1, -0.05) is 133 Å². The van der Waals surface area contributed by atoms with Gasteiger partial charge in [-0.2, -0.15) is 0 Å². The Morgan fingerprint density at radius 1 is 0.608 bits per heavy atom. The summed E-state index contributed by atoms with van der Waals surface area (Å²) in [6, 6.07) is 55.3. The normalized spacial score (nSPS) is 18.0. The van der Waals surface area contributed by atoms with Crippen molar-refractivity contribution in [1.82, 2.24) is 14.5 Å². The zero-order chi connectivity index (χ0) is 33.7. The lowest BCUT2D eigenvalue weighted by molar-refractivity contribution is 0.0972. The Labute approximate surface area is 294 Å². The Kier molecular flexibility index (Phi) is 5.89. The summed E-state index contributed by atoms with van der Waals surface area (Å²) in [5, 5.41) is 5.48. The monoisotopic (exact) mass is 653 g/mol. The van der Waals surface area contributed by atoms with Crippen molar-refractivity contribution < 1.29 is 4.79 Å². The van der Waals surface area contributed by atoms with E-state index in [-0.39, 0.29) is 17.1 Å². The molecule has 240 valence electrons. The van der Waals surface area contributed by atoms with Gasteiger partial charge in [0.1, 0.15) is 0 Å². The molecule has 4 nitrogen and oxygen atoms in total. The molecule has 2 unspecified atom stereocenters. The molecule has 2 atom stereocenters. The van der Waals surface area contributed by atoms with Gasteiger partial charge in [0.05, 0.1) is 27.8 Å². The number of fused-ring (bicyclic) bond motifs is 10. The van der Waals surface area contributed by atoms with Crippen LogP contribution in [0.25, 0.3) is 71.8 Å². The zero-order valence-electron chi connectivity index (χ0n) is 27.8. The number of ketones is 1. The molecule has 0 saturated heterocycles. The Morgan fingerprint density at radius 2 is 1.29 bits per heavy atom. The summed E-state index contributed by atoms with van der Waals surface area (Å²) < 4.78 is 2.15. The van der Waals surface area contributed by atoms with Gasteiger partial charge in [0.2, 0.25) is 5.95 Å². The van der Waals surface area contributed by atoms with Crippen LogP contribution in [-0.2, 0) is 5.41 Å². The molecule has 51 heavy (non-hydrogen) atoms. The molecule has 0 bridgehead atoms. The number of hydrogen-bond acceptors (Lipinski definition) is 3. The first kappa shape index (κ1) is 28.4. The minimum atomic E-state index is -0.278. The molecule has 0 radical (unpaired) electrons. The first-order valence-corrected chi connectivity index (χ1v) is 17.7. The van der Waals surface area contributed by atoms with Crippen LogP contribution in [0, 0.1) is 0 Å². The molecule has 1 fully saturated rings. The Morgan fingerprint density at radius 3 is 2.12 bits per heavy atom. The molecule has 0 amide bonds. The standard InChI is InChI=1S/C47H31N3O/c51-42-28-47(27-39(47)29-13-3-1-4-14-29)38-26-32-18-8-7-17-31(32)25-37(38)34-23-24-35-33-19-10-12-22-41(33)50(45(35)43(34)42)46-48-40-21-11-9-20-36(40)44(49-46)30-15-5-2-6-16-30/h1-26,39H,27-28H2. The van der Waals surface area contributed by atoms with Gasteiger partial charge < -0.3 is 0 Å². The highest BCUT2D eigenvalue weighted by atomic mass is 16.1. The number of hydrogen-bond donors (Lipinski definition) is 0. The lowest BCUT2D eigenvalue weighted by Crippen LogP contribution is -2.15. The highest BCUT2D eigenvalue weighted by Gasteiger charge is 2.59. The fraction of sp³-hybridized carbons (Fsp3) is 0.0851. The van der Waals surface area contributed by atoms with Gasteiger partial charge in [-0.15, -0.1) is 0 Å². The molecule has 11 rings (SSSR count). The summed E-state index contributed by atoms with van der Waals surface area (Å²) in [4.78, 5) is 25.8. The molecule has 1 spiro atoms. The third kappa shape index (κ3) is 4.11. The van der Waals surface area contributed by atoms with Crippen molar-refractivity contribution in [3.63, 3.8) is 0 Å². The molecular weight excluding hydrogens is 623 g/mol. The van der Waals surface area contributed by atoms with Gasteiger partial charge >= 0.3 is 0 Å². The topological polar surface area (TPSA) is 47.8 Å². The Hall–Kier alpha value is -6.39. The van der Waals surface area contributed by atoms with E-state index in [1.807, 2.05) is 30.3 Å². The van der Waals surface area contributed by atoms with Gasteiger partial charge in [0, 0.05) is 33.6 Å². The SMILES string of the molecule is O=C1CC2(CC2c2ccccc2)c2cc3ccccc3cc2-c2ccc3c4ccccc4n(-c4nc(-c5ccccc5)c5ccccc5n4)c3c21. The van der Waals surface area contributed by atoms with Gasteiger partial charge in [0.25, 0.3) is 0 Å². The highest BCUT2D eigenvalue weighted by molar-refractivity contribution is 6.21. The number of rotatable bonds is 3. The van der Waals surface area contributed by atoms with Crippen molar-refractivity contribution in [2.24, 2.45) is 0 Å². The maximum Gasteiger partial charge on any atom is 0.235 e. The lowest BCUT2D eigenvalue weighted by atomic mass is 9.83. The quantitative estimate of drug-likeness (QED) is 0.191. The van der Waals surface area contributed by atoms with Gasteiger partial charge in [-0.05, 0) is 69.6 Å². The maximum atomic E-state index is 15.2. The van der Waals surface area contributed by atoms with E-state index in [1.165, 1.54) is 21.9 Å². The average molecular weight is 654 g/mol. The number of para-hydroxylation sites is 2. The second-order valence-corrected chi connectivity index (χ2v) is 14.2. The minimum absolute atomic E-state index is 0.169. The van der Waals surface area contributed by atoms with Crippen LogP contribution >= 0.6 is 0 Å². The Bertz CT molecular complexity index is 2890. The molecule has 2 aliphatic carbocycles. The van der Waals surface area contributed by atoms with Crippen LogP contribution in [0.3, 0.4) is 0 Å².